The van der Waals surface area contributed by atoms with E-state index in [2.05, 4.69) is 10.6 Å². The van der Waals surface area contributed by atoms with Crippen LogP contribution in [0.1, 0.15) is 17.2 Å². The highest BCUT2D eigenvalue weighted by atomic mass is 35.5. The van der Waals surface area contributed by atoms with Crippen molar-refractivity contribution in [3.63, 3.8) is 0 Å². The van der Waals surface area contributed by atoms with Gasteiger partial charge in [-0.05, 0) is 36.8 Å². The lowest BCUT2D eigenvalue weighted by Crippen LogP contribution is -2.32. The largest absolute Gasteiger partial charge is 0.387 e. The van der Waals surface area contributed by atoms with Crippen molar-refractivity contribution < 1.29 is 14.3 Å². The second-order valence-electron chi connectivity index (χ2n) is 4.81. The van der Waals surface area contributed by atoms with Gasteiger partial charge >= 0.3 is 6.03 Å². The third-order valence-electron chi connectivity index (χ3n) is 3.23. The van der Waals surface area contributed by atoms with Gasteiger partial charge in [0.25, 0.3) is 0 Å². The van der Waals surface area contributed by atoms with Crippen LogP contribution in [0.15, 0.2) is 42.5 Å². The van der Waals surface area contributed by atoms with E-state index in [4.69, 9.17) is 11.6 Å². The molecule has 0 saturated carbocycles. The van der Waals surface area contributed by atoms with Crippen LogP contribution in [-0.4, -0.2) is 17.7 Å². The molecule has 0 radical (unpaired) electrons. The molecule has 2 amide bonds. The molecule has 22 heavy (non-hydrogen) atoms. The number of carbonyl (C=O) groups excluding carboxylic acids is 1. The third-order valence-corrected chi connectivity index (χ3v) is 3.48. The molecule has 2 aromatic carbocycles. The van der Waals surface area contributed by atoms with Gasteiger partial charge in [0.15, 0.2) is 0 Å². The van der Waals surface area contributed by atoms with Crippen LogP contribution in [0.4, 0.5) is 14.9 Å². The summed E-state index contributed by atoms with van der Waals surface area (Å²) in [5, 5.41) is 15.6. The molecular weight excluding hydrogens is 307 g/mol. The maximum absolute atomic E-state index is 13.4. The van der Waals surface area contributed by atoms with Crippen molar-refractivity contribution >= 4 is 23.3 Å². The van der Waals surface area contributed by atoms with Crippen LogP contribution in [0.2, 0.25) is 5.02 Å². The lowest BCUT2D eigenvalue weighted by atomic mass is 10.1. The zero-order chi connectivity index (χ0) is 16.1. The average Bonchev–Trinajstić information content (AvgIpc) is 2.50. The van der Waals surface area contributed by atoms with Crippen molar-refractivity contribution in [2.75, 3.05) is 11.9 Å². The van der Waals surface area contributed by atoms with Crippen LogP contribution in [0.5, 0.6) is 0 Å². The van der Waals surface area contributed by atoms with Gasteiger partial charge < -0.3 is 15.7 Å². The minimum Gasteiger partial charge on any atom is -0.387 e. The topological polar surface area (TPSA) is 61.4 Å². The average molecular weight is 323 g/mol. The summed E-state index contributed by atoms with van der Waals surface area (Å²) in [4.78, 5) is 11.8. The number of nitrogens with one attached hydrogen (secondary N) is 2. The van der Waals surface area contributed by atoms with E-state index in [0.29, 0.717) is 21.8 Å². The molecule has 0 fully saturated rings. The number of urea groups is 1. The molecule has 4 nitrogen and oxygen atoms in total. The minimum atomic E-state index is -0.850. The second-order valence-corrected chi connectivity index (χ2v) is 5.25. The number of aliphatic hydroxyl groups excluding tert-OH is 1. The number of carbonyl (C=O) groups is 1. The fourth-order valence-electron chi connectivity index (χ4n) is 1.90. The van der Waals surface area contributed by atoms with Gasteiger partial charge in [-0.2, -0.15) is 0 Å². The van der Waals surface area contributed by atoms with Crippen LogP contribution in [0.3, 0.4) is 0 Å². The van der Waals surface area contributed by atoms with E-state index in [1.165, 1.54) is 12.1 Å². The van der Waals surface area contributed by atoms with E-state index in [0.717, 1.165) is 0 Å². The maximum Gasteiger partial charge on any atom is 0.319 e. The zero-order valence-electron chi connectivity index (χ0n) is 11.9. The molecule has 0 aliphatic carbocycles. The summed E-state index contributed by atoms with van der Waals surface area (Å²) >= 11 is 5.77. The van der Waals surface area contributed by atoms with Crippen LogP contribution < -0.4 is 10.6 Å². The highest BCUT2D eigenvalue weighted by Gasteiger charge is 2.11. The molecule has 2 rings (SSSR count). The van der Waals surface area contributed by atoms with Crippen LogP contribution >= 0.6 is 11.6 Å². The van der Waals surface area contributed by atoms with E-state index in [1.54, 1.807) is 37.3 Å². The quantitative estimate of drug-likeness (QED) is 0.804. The Kier molecular flexibility index (Phi) is 5.35. The van der Waals surface area contributed by atoms with Gasteiger partial charge in [-0.3, -0.25) is 0 Å². The standard InChI is InChI=1S/C16H16ClFN2O2/c1-10-13(18)3-2-4-14(10)20-16(22)19-9-15(21)11-5-7-12(17)8-6-11/h2-8,15,21H,9H2,1H3,(H2,19,20,22). The zero-order valence-corrected chi connectivity index (χ0v) is 12.7. The Bertz CT molecular complexity index is 662. The van der Waals surface area contributed by atoms with E-state index in [1.807, 2.05) is 0 Å². The third kappa shape index (κ3) is 4.19. The monoisotopic (exact) mass is 322 g/mol. The number of hydrogen-bond donors (Lipinski definition) is 3. The Hall–Kier alpha value is -2.11. The number of benzene rings is 2. The molecule has 6 heteroatoms. The van der Waals surface area contributed by atoms with E-state index >= 15 is 0 Å². The second kappa shape index (κ2) is 7.24. The highest BCUT2D eigenvalue weighted by molar-refractivity contribution is 6.30. The molecule has 2 aromatic rings. The van der Waals surface area contributed by atoms with Crippen molar-refractivity contribution in [3.05, 3.63) is 64.4 Å². The molecule has 0 aliphatic rings. The Morgan fingerprint density at radius 3 is 2.64 bits per heavy atom. The number of anilines is 1. The van der Waals surface area contributed by atoms with Crippen LogP contribution in [0, 0.1) is 12.7 Å². The van der Waals surface area contributed by atoms with Gasteiger partial charge in [-0.25, -0.2) is 9.18 Å². The Labute approximate surface area is 132 Å². The van der Waals surface area contributed by atoms with Crippen LogP contribution in [0.25, 0.3) is 0 Å². The number of rotatable bonds is 4. The van der Waals surface area contributed by atoms with Gasteiger partial charge in [0, 0.05) is 22.8 Å². The van der Waals surface area contributed by atoms with Gasteiger partial charge in [0.05, 0.1) is 6.10 Å². The van der Waals surface area contributed by atoms with Gasteiger partial charge in [0.2, 0.25) is 0 Å². The molecule has 3 N–H and O–H groups in total. The summed E-state index contributed by atoms with van der Waals surface area (Å²) in [6.45, 7) is 1.61. The molecule has 0 saturated heterocycles. The van der Waals surface area contributed by atoms with Crippen molar-refractivity contribution in [2.24, 2.45) is 0 Å². The molecule has 0 spiro atoms. The minimum absolute atomic E-state index is 0.0296. The molecule has 0 aromatic heterocycles. The summed E-state index contributed by atoms with van der Waals surface area (Å²) in [6, 6.07) is 10.6. The Morgan fingerprint density at radius 1 is 1.27 bits per heavy atom. The smallest absolute Gasteiger partial charge is 0.319 e. The first kappa shape index (κ1) is 16.3. The molecule has 0 aliphatic heterocycles. The molecule has 116 valence electrons. The lowest BCUT2D eigenvalue weighted by molar-refractivity contribution is 0.175. The fraction of sp³-hybridized carbons (Fsp3) is 0.188. The first-order valence-electron chi connectivity index (χ1n) is 6.71. The van der Waals surface area contributed by atoms with E-state index < -0.39 is 12.1 Å². The normalized spacial score (nSPS) is 11.8. The SMILES string of the molecule is Cc1c(F)cccc1NC(=O)NCC(O)c1ccc(Cl)cc1. The van der Waals surface area contributed by atoms with E-state index in [9.17, 15) is 14.3 Å². The first-order valence-corrected chi connectivity index (χ1v) is 7.08. The van der Waals surface area contributed by atoms with E-state index in [-0.39, 0.29) is 12.4 Å². The number of hydrogen-bond acceptors (Lipinski definition) is 2. The van der Waals surface area contributed by atoms with Crippen molar-refractivity contribution in [2.45, 2.75) is 13.0 Å². The summed E-state index contributed by atoms with van der Waals surface area (Å²) < 4.78 is 13.4. The van der Waals surface area contributed by atoms with Gasteiger partial charge in [-0.1, -0.05) is 29.8 Å². The summed E-state index contributed by atoms with van der Waals surface area (Å²) in [6.07, 6.45) is -0.850. The number of aliphatic hydroxyl groups is 1. The summed E-state index contributed by atoms with van der Waals surface area (Å²) in [5.41, 5.74) is 1.39. The number of halogens is 2. The predicted octanol–water partition coefficient (Wildman–Crippen LogP) is 3.64. The maximum atomic E-state index is 13.4. The number of amides is 2. The molecule has 1 atom stereocenters. The van der Waals surface area contributed by atoms with Gasteiger partial charge in [-0.15, -0.1) is 0 Å². The first-order chi connectivity index (χ1) is 10.5. The van der Waals surface area contributed by atoms with Crippen LogP contribution in [-0.2, 0) is 0 Å². The van der Waals surface area contributed by atoms with Crippen molar-refractivity contribution in [1.82, 2.24) is 5.32 Å². The van der Waals surface area contributed by atoms with Crippen molar-refractivity contribution in [1.29, 1.82) is 0 Å². The molecule has 1 unspecified atom stereocenters. The molecular formula is C16H16ClFN2O2. The van der Waals surface area contributed by atoms with Gasteiger partial charge in [0.1, 0.15) is 5.82 Å². The summed E-state index contributed by atoms with van der Waals surface area (Å²) in [5.74, 6) is -0.390. The van der Waals surface area contributed by atoms with Crippen molar-refractivity contribution in [3.8, 4) is 0 Å². The predicted molar refractivity (Wildman–Crippen MR) is 84.6 cm³/mol. The lowest BCUT2D eigenvalue weighted by Gasteiger charge is -2.14. The summed E-state index contributed by atoms with van der Waals surface area (Å²) in [7, 11) is 0. The Morgan fingerprint density at radius 2 is 1.95 bits per heavy atom. The molecule has 0 heterocycles. The molecule has 0 bridgehead atoms. The Balaban J connectivity index is 1.90. The fourth-order valence-corrected chi connectivity index (χ4v) is 2.03. The highest BCUT2D eigenvalue weighted by Crippen LogP contribution is 2.18.